The van der Waals surface area contributed by atoms with Gasteiger partial charge in [0.25, 0.3) is 0 Å². The lowest BCUT2D eigenvalue weighted by atomic mass is 10.2. The van der Waals surface area contributed by atoms with Crippen LogP contribution >= 0.6 is 0 Å². The average Bonchev–Trinajstić information content (AvgIpc) is 2.35. The van der Waals surface area contributed by atoms with Gasteiger partial charge >= 0.3 is 6.18 Å². The van der Waals surface area contributed by atoms with Gasteiger partial charge < -0.3 is 15.2 Å². The van der Waals surface area contributed by atoms with Crippen LogP contribution in [0.3, 0.4) is 0 Å². The Morgan fingerprint density at radius 3 is 2.55 bits per heavy atom. The summed E-state index contributed by atoms with van der Waals surface area (Å²) in [5, 5.41) is 12.4. The first-order valence-corrected chi connectivity index (χ1v) is 6.46. The molecule has 0 saturated carbocycles. The van der Waals surface area contributed by atoms with E-state index in [1.165, 1.54) is 12.1 Å². The molecule has 0 amide bonds. The molecule has 20 heavy (non-hydrogen) atoms. The second-order valence-corrected chi connectivity index (χ2v) is 5.04. The number of benzene rings is 1. The number of nitrogens with one attached hydrogen (secondary N) is 1. The monoisotopic (exact) mass is 291 g/mol. The average molecular weight is 291 g/mol. The summed E-state index contributed by atoms with van der Waals surface area (Å²) in [6.45, 7) is 4.82. The molecule has 1 atom stereocenters. The van der Waals surface area contributed by atoms with Gasteiger partial charge in [-0.2, -0.15) is 13.2 Å². The normalized spacial score (nSPS) is 13.6. The summed E-state index contributed by atoms with van der Waals surface area (Å²) >= 11 is 0. The van der Waals surface area contributed by atoms with Gasteiger partial charge in [0, 0.05) is 18.8 Å². The SMILES string of the molecule is CC(C)COCC(O)CNc1cccc(C(F)(F)F)c1. The first-order valence-electron chi connectivity index (χ1n) is 6.46. The van der Waals surface area contributed by atoms with Crippen molar-refractivity contribution in [2.24, 2.45) is 5.92 Å². The van der Waals surface area contributed by atoms with Crippen LogP contribution in [0.4, 0.5) is 18.9 Å². The van der Waals surface area contributed by atoms with Crippen LogP contribution in [0, 0.1) is 5.92 Å². The van der Waals surface area contributed by atoms with Crippen LogP contribution < -0.4 is 5.32 Å². The zero-order chi connectivity index (χ0) is 15.2. The summed E-state index contributed by atoms with van der Waals surface area (Å²) in [6, 6.07) is 4.87. The van der Waals surface area contributed by atoms with E-state index in [0.717, 1.165) is 12.1 Å². The van der Waals surface area contributed by atoms with Crippen molar-refractivity contribution in [1.82, 2.24) is 0 Å². The zero-order valence-corrected chi connectivity index (χ0v) is 11.6. The Kier molecular flexibility index (Phi) is 6.29. The molecule has 6 heteroatoms. The first kappa shape index (κ1) is 16.8. The molecule has 1 rings (SSSR count). The van der Waals surface area contributed by atoms with Crippen molar-refractivity contribution in [2.45, 2.75) is 26.1 Å². The smallest absolute Gasteiger partial charge is 0.389 e. The number of hydrogen-bond donors (Lipinski definition) is 2. The molecule has 3 nitrogen and oxygen atoms in total. The van der Waals surface area contributed by atoms with Crippen molar-refractivity contribution in [3.63, 3.8) is 0 Å². The summed E-state index contributed by atoms with van der Waals surface area (Å²) in [7, 11) is 0. The van der Waals surface area contributed by atoms with Crippen LogP contribution in [0.15, 0.2) is 24.3 Å². The predicted octanol–water partition coefficient (Wildman–Crippen LogP) is 3.15. The third kappa shape index (κ3) is 6.25. The molecule has 0 aliphatic rings. The predicted molar refractivity (Wildman–Crippen MR) is 71.6 cm³/mol. The quantitative estimate of drug-likeness (QED) is 0.811. The Morgan fingerprint density at radius 2 is 1.95 bits per heavy atom. The van der Waals surface area contributed by atoms with E-state index in [4.69, 9.17) is 4.74 Å². The number of anilines is 1. The third-order valence-corrected chi connectivity index (χ3v) is 2.49. The third-order valence-electron chi connectivity index (χ3n) is 2.49. The minimum atomic E-state index is -4.36. The topological polar surface area (TPSA) is 41.5 Å². The van der Waals surface area contributed by atoms with Crippen molar-refractivity contribution in [3.8, 4) is 0 Å². The number of hydrogen-bond acceptors (Lipinski definition) is 3. The Labute approximate surface area is 116 Å². The highest BCUT2D eigenvalue weighted by molar-refractivity contribution is 5.46. The highest BCUT2D eigenvalue weighted by Crippen LogP contribution is 2.30. The fourth-order valence-electron chi connectivity index (χ4n) is 1.54. The van der Waals surface area contributed by atoms with E-state index >= 15 is 0 Å². The lowest BCUT2D eigenvalue weighted by Gasteiger charge is -2.15. The van der Waals surface area contributed by atoms with Crippen molar-refractivity contribution in [2.75, 3.05) is 25.1 Å². The number of aliphatic hydroxyl groups excluding tert-OH is 1. The Hall–Kier alpha value is -1.27. The molecule has 1 unspecified atom stereocenters. The molecule has 2 N–H and O–H groups in total. The van der Waals surface area contributed by atoms with E-state index in [9.17, 15) is 18.3 Å². The van der Waals surface area contributed by atoms with E-state index in [0.29, 0.717) is 18.2 Å². The van der Waals surface area contributed by atoms with E-state index in [-0.39, 0.29) is 13.2 Å². The maximum absolute atomic E-state index is 12.5. The molecule has 0 aromatic heterocycles. The number of halogens is 3. The van der Waals surface area contributed by atoms with Gasteiger partial charge in [0.2, 0.25) is 0 Å². The standard InChI is InChI=1S/C14H20F3NO2/c1-10(2)8-20-9-13(19)7-18-12-5-3-4-11(6-12)14(15,16)17/h3-6,10,13,18-19H,7-9H2,1-2H3. The van der Waals surface area contributed by atoms with Crippen LogP contribution in [0.25, 0.3) is 0 Å². The van der Waals surface area contributed by atoms with Crippen LogP contribution in [-0.4, -0.2) is 31.0 Å². The summed E-state index contributed by atoms with van der Waals surface area (Å²) < 4.78 is 42.8. The van der Waals surface area contributed by atoms with E-state index in [1.54, 1.807) is 0 Å². The Balaban J connectivity index is 2.41. The van der Waals surface area contributed by atoms with Gasteiger partial charge in [-0.15, -0.1) is 0 Å². The minimum absolute atomic E-state index is 0.138. The van der Waals surface area contributed by atoms with Crippen molar-refractivity contribution >= 4 is 5.69 Å². The molecular formula is C14H20F3NO2. The maximum Gasteiger partial charge on any atom is 0.416 e. The van der Waals surface area contributed by atoms with Gasteiger partial charge in [0.05, 0.1) is 18.3 Å². The summed E-state index contributed by atoms with van der Waals surface area (Å²) in [6.07, 6.45) is -5.13. The lowest BCUT2D eigenvalue weighted by Crippen LogP contribution is -2.25. The maximum atomic E-state index is 12.5. The summed E-state index contributed by atoms with van der Waals surface area (Å²) in [5.41, 5.74) is -0.393. The minimum Gasteiger partial charge on any atom is -0.389 e. The van der Waals surface area contributed by atoms with Gasteiger partial charge in [-0.1, -0.05) is 19.9 Å². The molecule has 0 radical (unpaired) electrons. The second-order valence-electron chi connectivity index (χ2n) is 5.04. The van der Waals surface area contributed by atoms with Gasteiger partial charge in [-0.3, -0.25) is 0 Å². The highest BCUT2D eigenvalue weighted by Gasteiger charge is 2.30. The lowest BCUT2D eigenvalue weighted by molar-refractivity contribution is -0.137. The number of aliphatic hydroxyl groups is 1. The summed E-state index contributed by atoms with van der Waals surface area (Å²) in [5.74, 6) is 0.374. The molecule has 0 fully saturated rings. The second kappa shape index (κ2) is 7.50. The van der Waals surface area contributed by atoms with Gasteiger partial charge in [0.1, 0.15) is 0 Å². The fraction of sp³-hybridized carbons (Fsp3) is 0.571. The molecule has 0 saturated heterocycles. The molecule has 1 aromatic carbocycles. The Morgan fingerprint density at radius 1 is 1.25 bits per heavy atom. The molecule has 0 bridgehead atoms. The first-order chi connectivity index (χ1) is 9.29. The molecule has 0 aliphatic heterocycles. The van der Waals surface area contributed by atoms with Gasteiger partial charge in [-0.25, -0.2) is 0 Å². The van der Waals surface area contributed by atoms with Crippen molar-refractivity contribution < 1.29 is 23.0 Å². The van der Waals surface area contributed by atoms with Crippen LogP contribution in [0.2, 0.25) is 0 Å². The Bertz CT molecular complexity index is 408. The van der Waals surface area contributed by atoms with E-state index in [2.05, 4.69) is 5.32 Å². The van der Waals surface area contributed by atoms with Crippen molar-refractivity contribution in [1.29, 1.82) is 0 Å². The van der Waals surface area contributed by atoms with Crippen LogP contribution in [-0.2, 0) is 10.9 Å². The number of ether oxygens (including phenoxy) is 1. The molecular weight excluding hydrogens is 271 g/mol. The fourth-order valence-corrected chi connectivity index (χ4v) is 1.54. The van der Waals surface area contributed by atoms with Gasteiger partial charge in [-0.05, 0) is 24.1 Å². The van der Waals surface area contributed by atoms with E-state index < -0.39 is 17.8 Å². The zero-order valence-electron chi connectivity index (χ0n) is 11.6. The molecule has 1 aromatic rings. The van der Waals surface area contributed by atoms with Crippen LogP contribution in [0.5, 0.6) is 0 Å². The highest BCUT2D eigenvalue weighted by atomic mass is 19.4. The number of rotatable bonds is 7. The molecule has 0 aliphatic carbocycles. The van der Waals surface area contributed by atoms with Crippen molar-refractivity contribution in [3.05, 3.63) is 29.8 Å². The molecule has 0 spiro atoms. The van der Waals surface area contributed by atoms with Gasteiger partial charge in [0.15, 0.2) is 0 Å². The summed E-state index contributed by atoms with van der Waals surface area (Å²) in [4.78, 5) is 0. The molecule has 0 heterocycles. The molecule has 114 valence electrons. The van der Waals surface area contributed by atoms with Crippen LogP contribution in [0.1, 0.15) is 19.4 Å². The largest absolute Gasteiger partial charge is 0.416 e. The van der Waals surface area contributed by atoms with E-state index in [1.807, 2.05) is 13.8 Å². The number of alkyl halides is 3.